The van der Waals surface area contributed by atoms with Crippen molar-refractivity contribution < 1.29 is 28.2 Å². The van der Waals surface area contributed by atoms with E-state index in [0.717, 1.165) is 18.8 Å². The minimum atomic E-state index is -0.715. The number of hydrogen-bond acceptors (Lipinski definition) is 7. The van der Waals surface area contributed by atoms with Crippen LogP contribution in [0.4, 0.5) is 14.9 Å². The number of piperazine rings is 1. The first-order valence-electron chi connectivity index (χ1n) is 11.9. The summed E-state index contributed by atoms with van der Waals surface area (Å²) in [6.45, 7) is 5.22. The Morgan fingerprint density at radius 2 is 1.72 bits per heavy atom. The number of ether oxygens (including phenoxy) is 3. The lowest BCUT2D eigenvalue weighted by molar-refractivity contribution is -0.139. The molecule has 4 rings (SSSR count). The second-order valence-corrected chi connectivity index (χ2v) is 8.50. The van der Waals surface area contributed by atoms with Crippen LogP contribution >= 0.6 is 0 Å². The molecular weight excluding hydrogens is 467 g/mol. The lowest BCUT2D eigenvalue weighted by Gasteiger charge is -2.38. The molecule has 0 saturated carbocycles. The first-order chi connectivity index (χ1) is 17.4. The van der Waals surface area contributed by atoms with Crippen LogP contribution in [-0.2, 0) is 9.53 Å². The Morgan fingerprint density at radius 1 is 1.03 bits per heavy atom. The normalized spacial score (nSPS) is 18.4. The third-order valence-corrected chi connectivity index (χ3v) is 6.34. The molecule has 2 N–H and O–H groups in total. The average Bonchev–Trinajstić information content (AvgIpc) is 2.89. The van der Waals surface area contributed by atoms with Gasteiger partial charge in [-0.3, -0.25) is 4.90 Å². The molecule has 0 spiro atoms. The second-order valence-electron chi connectivity index (χ2n) is 8.50. The highest BCUT2D eigenvalue weighted by Gasteiger charge is 2.35. The zero-order chi connectivity index (χ0) is 25.7. The Bertz CT molecular complexity index is 1130. The summed E-state index contributed by atoms with van der Waals surface area (Å²) < 4.78 is 29.4. The fraction of sp³-hybridized carbons (Fsp3) is 0.385. The van der Waals surface area contributed by atoms with E-state index in [9.17, 15) is 14.0 Å². The molecule has 2 heterocycles. The van der Waals surface area contributed by atoms with Crippen molar-refractivity contribution in [2.45, 2.75) is 13.0 Å². The minimum absolute atomic E-state index is 0.207. The van der Waals surface area contributed by atoms with Gasteiger partial charge < -0.3 is 29.7 Å². The smallest absolute Gasteiger partial charge is 0.338 e. The van der Waals surface area contributed by atoms with Gasteiger partial charge in [0.2, 0.25) is 0 Å². The summed E-state index contributed by atoms with van der Waals surface area (Å²) in [5, 5.41) is 5.68. The van der Waals surface area contributed by atoms with Gasteiger partial charge in [0.15, 0.2) is 11.5 Å². The van der Waals surface area contributed by atoms with E-state index in [1.807, 2.05) is 0 Å². The van der Waals surface area contributed by atoms with Gasteiger partial charge in [0, 0.05) is 44.1 Å². The van der Waals surface area contributed by atoms with Gasteiger partial charge in [-0.15, -0.1) is 0 Å². The van der Waals surface area contributed by atoms with E-state index in [4.69, 9.17) is 14.2 Å². The Hall–Kier alpha value is -3.79. The molecule has 2 amide bonds. The summed E-state index contributed by atoms with van der Waals surface area (Å²) >= 11 is 0. The molecule has 9 nitrogen and oxygen atoms in total. The van der Waals surface area contributed by atoms with Gasteiger partial charge in [0.1, 0.15) is 5.82 Å². The monoisotopic (exact) mass is 498 g/mol. The summed E-state index contributed by atoms with van der Waals surface area (Å²) in [4.78, 5) is 30.1. The fourth-order valence-corrected chi connectivity index (χ4v) is 4.51. The maximum Gasteiger partial charge on any atom is 0.338 e. The summed E-state index contributed by atoms with van der Waals surface area (Å²) in [6.07, 6.45) is 0. The van der Waals surface area contributed by atoms with Crippen LogP contribution < -0.4 is 25.0 Å². The van der Waals surface area contributed by atoms with Crippen LogP contribution in [0.3, 0.4) is 0 Å². The molecule has 2 aliphatic rings. The molecule has 192 valence electrons. The molecule has 1 fully saturated rings. The first-order valence-corrected chi connectivity index (χ1v) is 11.9. The van der Waals surface area contributed by atoms with E-state index in [-0.39, 0.29) is 12.4 Å². The van der Waals surface area contributed by atoms with Crippen molar-refractivity contribution in [2.24, 2.45) is 0 Å². The van der Waals surface area contributed by atoms with Gasteiger partial charge >= 0.3 is 12.0 Å². The maximum atomic E-state index is 13.3. The van der Waals surface area contributed by atoms with Crippen molar-refractivity contribution in [1.82, 2.24) is 15.5 Å². The Kier molecular flexibility index (Phi) is 7.94. The zero-order valence-corrected chi connectivity index (χ0v) is 20.7. The molecule has 10 heteroatoms. The molecule has 2 aliphatic heterocycles. The lowest BCUT2D eigenvalue weighted by atomic mass is 9.94. The van der Waals surface area contributed by atoms with E-state index < -0.39 is 18.0 Å². The predicted octanol–water partition coefficient (Wildman–Crippen LogP) is 2.84. The SMILES string of the molecule is CCOC(=O)C1=C(CN2CCN(c3ccc(F)cc3)CC2)NC(=O)N[C@H]1c1ccc(OC)c(OC)c1. The number of rotatable bonds is 8. The van der Waals surface area contributed by atoms with Crippen LogP contribution in [0.2, 0.25) is 0 Å². The van der Waals surface area contributed by atoms with Gasteiger partial charge in [-0.2, -0.15) is 0 Å². The number of methoxy groups -OCH3 is 2. The summed E-state index contributed by atoms with van der Waals surface area (Å²) in [5.74, 6) is 0.276. The number of hydrogen-bond donors (Lipinski definition) is 2. The number of carbonyl (C=O) groups excluding carboxylic acids is 2. The van der Waals surface area contributed by atoms with Crippen molar-refractivity contribution in [3.05, 3.63) is 65.1 Å². The number of esters is 1. The van der Waals surface area contributed by atoms with E-state index in [2.05, 4.69) is 20.4 Å². The van der Waals surface area contributed by atoms with E-state index in [0.29, 0.717) is 48.0 Å². The van der Waals surface area contributed by atoms with Crippen LogP contribution in [0.25, 0.3) is 0 Å². The Labute approximate surface area is 209 Å². The fourth-order valence-electron chi connectivity index (χ4n) is 4.51. The molecular formula is C26H31FN4O5. The number of benzene rings is 2. The number of anilines is 1. The van der Waals surface area contributed by atoms with Gasteiger partial charge in [-0.05, 0) is 48.9 Å². The van der Waals surface area contributed by atoms with Crippen molar-refractivity contribution in [3.8, 4) is 11.5 Å². The molecule has 1 saturated heterocycles. The number of amides is 2. The van der Waals surface area contributed by atoms with Crippen molar-refractivity contribution in [3.63, 3.8) is 0 Å². The molecule has 0 bridgehead atoms. The van der Waals surface area contributed by atoms with Gasteiger partial charge in [-0.1, -0.05) is 6.07 Å². The van der Waals surface area contributed by atoms with Crippen LogP contribution in [-0.4, -0.2) is 70.5 Å². The number of urea groups is 1. The zero-order valence-electron chi connectivity index (χ0n) is 20.7. The van der Waals surface area contributed by atoms with Crippen LogP contribution in [0.5, 0.6) is 11.5 Å². The highest BCUT2D eigenvalue weighted by molar-refractivity contribution is 5.95. The van der Waals surface area contributed by atoms with Crippen LogP contribution in [0, 0.1) is 5.82 Å². The molecule has 1 atom stereocenters. The quantitative estimate of drug-likeness (QED) is 0.541. The Balaban J connectivity index is 1.58. The van der Waals surface area contributed by atoms with Crippen molar-refractivity contribution in [2.75, 3.05) is 58.5 Å². The molecule has 0 aliphatic carbocycles. The van der Waals surface area contributed by atoms with Gasteiger partial charge in [0.05, 0.1) is 32.4 Å². The molecule has 2 aromatic rings. The largest absolute Gasteiger partial charge is 0.493 e. The number of halogens is 1. The van der Waals surface area contributed by atoms with Crippen LogP contribution in [0.15, 0.2) is 53.7 Å². The summed E-state index contributed by atoms with van der Waals surface area (Å²) in [7, 11) is 3.07. The van der Waals surface area contributed by atoms with E-state index in [1.165, 1.54) is 19.2 Å². The molecule has 0 aromatic heterocycles. The standard InChI is InChI=1S/C26H31FN4O5/c1-4-36-25(32)23-20(16-30-11-13-31(14-12-30)19-8-6-18(27)7-9-19)28-26(33)29-24(23)17-5-10-21(34-2)22(15-17)35-3/h5-10,15,24H,4,11-14,16H2,1-3H3,(H2,28,29,33)/t24-/m0/s1. The van der Waals surface area contributed by atoms with E-state index in [1.54, 1.807) is 44.4 Å². The molecule has 0 unspecified atom stereocenters. The highest BCUT2D eigenvalue weighted by Crippen LogP contribution is 2.34. The molecule has 2 aromatic carbocycles. The van der Waals surface area contributed by atoms with Crippen molar-refractivity contribution >= 4 is 17.7 Å². The van der Waals surface area contributed by atoms with Gasteiger partial charge in [0.25, 0.3) is 0 Å². The third-order valence-electron chi connectivity index (χ3n) is 6.34. The number of nitrogens with zero attached hydrogens (tertiary/aromatic N) is 2. The summed E-state index contributed by atoms with van der Waals surface area (Å²) in [5.41, 5.74) is 2.49. The lowest BCUT2D eigenvalue weighted by Crippen LogP contribution is -2.51. The minimum Gasteiger partial charge on any atom is -0.493 e. The topological polar surface area (TPSA) is 92.4 Å². The summed E-state index contributed by atoms with van der Waals surface area (Å²) in [6, 6.07) is 10.6. The van der Waals surface area contributed by atoms with Crippen molar-refractivity contribution in [1.29, 1.82) is 0 Å². The number of carbonyl (C=O) groups is 2. The Morgan fingerprint density at radius 3 is 2.36 bits per heavy atom. The maximum absolute atomic E-state index is 13.3. The molecule has 36 heavy (non-hydrogen) atoms. The molecule has 0 radical (unpaired) electrons. The average molecular weight is 499 g/mol. The van der Waals surface area contributed by atoms with Crippen LogP contribution in [0.1, 0.15) is 18.5 Å². The second kappa shape index (κ2) is 11.3. The first kappa shape index (κ1) is 25.3. The van der Waals surface area contributed by atoms with Gasteiger partial charge in [-0.25, -0.2) is 14.0 Å². The predicted molar refractivity (Wildman–Crippen MR) is 133 cm³/mol. The third kappa shape index (κ3) is 5.54. The van der Waals surface area contributed by atoms with E-state index >= 15 is 0 Å². The number of nitrogens with one attached hydrogen (secondary N) is 2. The highest BCUT2D eigenvalue weighted by atomic mass is 19.1.